The minimum Gasteiger partial charge on any atom is -0.497 e. The molecule has 1 saturated heterocycles. The molecule has 6 nitrogen and oxygen atoms in total. The molecule has 1 fully saturated rings. The number of amides is 2. The predicted octanol–water partition coefficient (Wildman–Crippen LogP) is 4.44. The maximum absolute atomic E-state index is 13.8. The number of ether oxygens (including phenoxy) is 1. The maximum atomic E-state index is 13.8. The molecule has 0 atom stereocenters. The molecule has 0 radical (unpaired) electrons. The Hall–Kier alpha value is -3.71. The van der Waals surface area contributed by atoms with Crippen LogP contribution in [0.3, 0.4) is 0 Å². The molecular formula is C29H32FN3O3. The Morgan fingerprint density at radius 1 is 0.972 bits per heavy atom. The lowest BCUT2D eigenvalue weighted by atomic mass is 10.1. The fourth-order valence-corrected chi connectivity index (χ4v) is 4.41. The van der Waals surface area contributed by atoms with Crippen LogP contribution >= 0.6 is 0 Å². The average Bonchev–Trinajstić information content (AvgIpc) is 3.41. The highest BCUT2D eigenvalue weighted by atomic mass is 19.1. The maximum Gasteiger partial charge on any atom is 0.258 e. The van der Waals surface area contributed by atoms with Crippen LogP contribution in [0.5, 0.6) is 5.75 Å². The van der Waals surface area contributed by atoms with Gasteiger partial charge in [0.15, 0.2) is 0 Å². The van der Waals surface area contributed by atoms with Gasteiger partial charge in [0.2, 0.25) is 5.91 Å². The zero-order valence-corrected chi connectivity index (χ0v) is 20.6. The van der Waals surface area contributed by atoms with Crippen molar-refractivity contribution in [3.8, 4) is 5.75 Å². The first-order valence-electron chi connectivity index (χ1n) is 12.3. The minimum atomic E-state index is -0.354. The number of carbonyl (C=O) groups is 2. The molecule has 1 aliphatic heterocycles. The van der Waals surface area contributed by atoms with E-state index in [0.29, 0.717) is 29.1 Å². The van der Waals surface area contributed by atoms with Gasteiger partial charge < -0.3 is 19.9 Å². The second kappa shape index (κ2) is 12.3. The molecule has 1 aliphatic rings. The number of nitrogens with zero attached hydrogens (tertiary/aromatic N) is 2. The largest absolute Gasteiger partial charge is 0.497 e. The van der Waals surface area contributed by atoms with Crippen LogP contribution in [0.1, 0.15) is 34.3 Å². The monoisotopic (exact) mass is 489 g/mol. The Bertz CT molecular complexity index is 1180. The molecule has 188 valence electrons. The van der Waals surface area contributed by atoms with E-state index in [1.165, 1.54) is 25.0 Å². The number of nitrogens with one attached hydrogen (secondary N) is 1. The van der Waals surface area contributed by atoms with E-state index >= 15 is 0 Å². The van der Waals surface area contributed by atoms with Crippen LogP contribution in [0, 0.1) is 5.82 Å². The number of benzene rings is 3. The van der Waals surface area contributed by atoms with E-state index in [-0.39, 0.29) is 30.6 Å². The van der Waals surface area contributed by atoms with Crippen LogP contribution < -0.4 is 15.0 Å². The molecule has 7 heteroatoms. The van der Waals surface area contributed by atoms with Crippen molar-refractivity contribution in [1.82, 2.24) is 10.2 Å². The van der Waals surface area contributed by atoms with Gasteiger partial charge in [-0.3, -0.25) is 9.59 Å². The van der Waals surface area contributed by atoms with Gasteiger partial charge in [-0.2, -0.15) is 0 Å². The molecule has 1 heterocycles. The van der Waals surface area contributed by atoms with Crippen LogP contribution in [0.2, 0.25) is 0 Å². The number of likely N-dealkylation sites (tertiary alicyclic amines) is 1. The molecule has 36 heavy (non-hydrogen) atoms. The van der Waals surface area contributed by atoms with Crippen LogP contribution in [0.15, 0.2) is 72.8 Å². The van der Waals surface area contributed by atoms with Crippen molar-refractivity contribution in [3.63, 3.8) is 0 Å². The molecular weight excluding hydrogens is 457 g/mol. The summed E-state index contributed by atoms with van der Waals surface area (Å²) in [6.45, 7) is 3.94. The van der Waals surface area contributed by atoms with Gasteiger partial charge >= 0.3 is 0 Å². The Morgan fingerprint density at radius 2 is 1.72 bits per heavy atom. The first kappa shape index (κ1) is 25.4. The summed E-state index contributed by atoms with van der Waals surface area (Å²) in [5.74, 6) is -0.0263. The summed E-state index contributed by atoms with van der Waals surface area (Å²) < 4.78 is 19.1. The van der Waals surface area contributed by atoms with Crippen molar-refractivity contribution in [3.05, 3.63) is 95.3 Å². The van der Waals surface area contributed by atoms with Crippen molar-refractivity contribution >= 4 is 17.5 Å². The molecule has 0 aliphatic carbocycles. The van der Waals surface area contributed by atoms with Crippen molar-refractivity contribution in [1.29, 1.82) is 0 Å². The summed E-state index contributed by atoms with van der Waals surface area (Å²) in [5.41, 5.74) is 2.65. The van der Waals surface area contributed by atoms with Gasteiger partial charge in [-0.25, -0.2) is 4.39 Å². The van der Waals surface area contributed by atoms with Gasteiger partial charge in [0.1, 0.15) is 11.6 Å². The van der Waals surface area contributed by atoms with Crippen LogP contribution in [-0.4, -0.2) is 50.0 Å². The lowest BCUT2D eigenvalue weighted by molar-refractivity contribution is -0.120. The fraction of sp³-hybridized carbons (Fsp3) is 0.310. The number of hydrogen-bond donors (Lipinski definition) is 1. The van der Waals surface area contributed by atoms with E-state index in [1.807, 2.05) is 24.3 Å². The molecule has 0 unspecified atom stereocenters. The minimum absolute atomic E-state index is 0.0222. The molecule has 1 N–H and O–H groups in total. The highest BCUT2D eigenvalue weighted by Crippen LogP contribution is 2.23. The summed E-state index contributed by atoms with van der Waals surface area (Å²) >= 11 is 0. The van der Waals surface area contributed by atoms with Crippen molar-refractivity contribution < 1.29 is 18.7 Å². The van der Waals surface area contributed by atoms with Gasteiger partial charge in [0, 0.05) is 24.3 Å². The Labute approximate surface area is 211 Å². The van der Waals surface area contributed by atoms with Crippen LogP contribution in [0.4, 0.5) is 10.1 Å². The normalized spacial score (nSPS) is 13.4. The van der Waals surface area contributed by atoms with Gasteiger partial charge in [0.25, 0.3) is 5.91 Å². The number of hydrogen-bond acceptors (Lipinski definition) is 4. The quantitative estimate of drug-likeness (QED) is 0.458. The molecule has 0 bridgehead atoms. The third kappa shape index (κ3) is 6.92. The summed E-state index contributed by atoms with van der Waals surface area (Å²) in [4.78, 5) is 29.9. The van der Waals surface area contributed by atoms with E-state index in [4.69, 9.17) is 4.74 Å². The van der Waals surface area contributed by atoms with E-state index in [0.717, 1.165) is 25.2 Å². The highest BCUT2D eigenvalue weighted by molar-refractivity contribution is 6.06. The van der Waals surface area contributed by atoms with Gasteiger partial charge in [-0.1, -0.05) is 30.3 Å². The van der Waals surface area contributed by atoms with E-state index in [2.05, 4.69) is 10.2 Å². The Morgan fingerprint density at radius 3 is 2.44 bits per heavy atom. The van der Waals surface area contributed by atoms with Gasteiger partial charge in [0.05, 0.1) is 20.1 Å². The number of carbonyl (C=O) groups excluding carboxylic acids is 2. The van der Waals surface area contributed by atoms with E-state index in [9.17, 15) is 14.0 Å². The first-order chi connectivity index (χ1) is 17.5. The number of methoxy groups -OCH3 is 1. The zero-order chi connectivity index (χ0) is 25.3. The van der Waals surface area contributed by atoms with E-state index in [1.54, 1.807) is 48.4 Å². The molecule has 0 aromatic heterocycles. The lowest BCUT2D eigenvalue weighted by Gasteiger charge is -2.24. The highest BCUT2D eigenvalue weighted by Gasteiger charge is 2.19. The molecule has 4 rings (SSSR count). The van der Waals surface area contributed by atoms with Crippen molar-refractivity contribution in [2.75, 3.05) is 38.2 Å². The Balaban J connectivity index is 1.46. The number of rotatable bonds is 10. The fourth-order valence-electron chi connectivity index (χ4n) is 4.41. The second-order valence-electron chi connectivity index (χ2n) is 9.00. The van der Waals surface area contributed by atoms with Crippen molar-refractivity contribution in [2.45, 2.75) is 25.8 Å². The third-order valence-corrected chi connectivity index (χ3v) is 6.35. The average molecular weight is 490 g/mol. The molecule has 3 aromatic rings. The smallest absolute Gasteiger partial charge is 0.258 e. The molecule has 2 amide bonds. The number of anilines is 1. The summed E-state index contributed by atoms with van der Waals surface area (Å²) in [5, 5.41) is 2.99. The van der Waals surface area contributed by atoms with Crippen molar-refractivity contribution in [2.24, 2.45) is 0 Å². The Kier molecular flexibility index (Phi) is 8.68. The predicted molar refractivity (Wildman–Crippen MR) is 139 cm³/mol. The topological polar surface area (TPSA) is 61.9 Å². The third-order valence-electron chi connectivity index (χ3n) is 6.35. The van der Waals surface area contributed by atoms with Gasteiger partial charge in [-0.05, 0) is 79.5 Å². The second-order valence-corrected chi connectivity index (χ2v) is 9.00. The van der Waals surface area contributed by atoms with Crippen LogP contribution in [-0.2, 0) is 17.8 Å². The standard InChI is InChI=1S/C29H32FN3O3/c1-36-27-9-5-7-24(20-27)29(35)33(21-23-6-4-8-25(30)18-23)26-12-10-22(11-13-26)19-28(34)31-14-17-32-15-2-3-16-32/h4-13,18,20H,2-3,14-17,19,21H2,1H3,(H,31,34). The summed E-state index contributed by atoms with van der Waals surface area (Å²) in [6.07, 6.45) is 2.74. The summed E-state index contributed by atoms with van der Waals surface area (Å²) in [7, 11) is 1.55. The molecule has 0 spiro atoms. The SMILES string of the molecule is COc1cccc(C(=O)N(Cc2cccc(F)c2)c2ccc(CC(=O)NCCN3CCCC3)cc2)c1. The number of halogens is 1. The summed E-state index contributed by atoms with van der Waals surface area (Å²) in [6, 6.07) is 20.5. The van der Waals surface area contributed by atoms with Crippen LogP contribution in [0.25, 0.3) is 0 Å². The molecule has 0 saturated carbocycles. The van der Waals surface area contributed by atoms with E-state index < -0.39 is 0 Å². The van der Waals surface area contributed by atoms with Gasteiger partial charge in [-0.15, -0.1) is 0 Å². The zero-order valence-electron chi connectivity index (χ0n) is 20.6. The first-order valence-corrected chi connectivity index (χ1v) is 12.3. The molecule has 3 aromatic carbocycles. The lowest BCUT2D eigenvalue weighted by Crippen LogP contribution is -2.34.